The van der Waals surface area contributed by atoms with Crippen molar-refractivity contribution in [1.82, 2.24) is 40.8 Å². The van der Waals surface area contributed by atoms with E-state index in [0.717, 1.165) is 63.3 Å². The maximum atomic E-state index is 13.9. The summed E-state index contributed by atoms with van der Waals surface area (Å²) in [5.74, 6) is -0.971. The highest BCUT2D eigenvalue weighted by Gasteiger charge is 2.44. The van der Waals surface area contributed by atoms with Gasteiger partial charge < -0.3 is 44.8 Å². The summed E-state index contributed by atoms with van der Waals surface area (Å²) in [7, 11) is 0. The molecule has 0 bridgehead atoms. The summed E-state index contributed by atoms with van der Waals surface area (Å²) in [6.45, 7) is 11.2. The second kappa shape index (κ2) is 24.9. The van der Waals surface area contributed by atoms with E-state index in [1.807, 2.05) is 74.3 Å². The molecule has 0 saturated carbocycles. The topological polar surface area (TPSA) is 212 Å². The fraction of sp³-hybridized carbons (Fsp3) is 0.490. The van der Waals surface area contributed by atoms with E-state index in [-0.39, 0.29) is 45.2 Å². The van der Waals surface area contributed by atoms with E-state index in [4.69, 9.17) is 24.0 Å². The molecule has 3 aromatic heterocycles. The van der Waals surface area contributed by atoms with Crippen LogP contribution in [0.1, 0.15) is 68.3 Å². The highest BCUT2D eigenvalue weighted by molar-refractivity contribution is 7.13. The van der Waals surface area contributed by atoms with E-state index in [1.165, 1.54) is 16.0 Å². The first-order chi connectivity index (χ1) is 33.4. The number of hydrogen-bond acceptors (Lipinski definition) is 14. The molecule has 5 aromatic rings. The minimum atomic E-state index is -0.961. The number of thiazole rings is 1. The van der Waals surface area contributed by atoms with Crippen LogP contribution in [0.25, 0.3) is 32.8 Å². The molecule has 7 rings (SSSR count). The molecule has 1 saturated heterocycles. The van der Waals surface area contributed by atoms with Crippen molar-refractivity contribution in [1.29, 1.82) is 0 Å². The largest absolute Gasteiger partial charge is 0.391 e. The lowest BCUT2D eigenvalue weighted by Gasteiger charge is -2.35. The highest BCUT2D eigenvalue weighted by Crippen LogP contribution is 2.38. The second-order valence-corrected chi connectivity index (χ2v) is 19.4. The molecule has 0 spiro atoms. The molecule has 5 N–H and O–H groups in total. The number of benzene rings is 2. The molecule has 1 fully saturated rings. The Morgan fingerprint density at radius 2 is 1.59 bits per heavy atom. The van der Waals surface area contributed by atoms with Crippen molar-refractivity contribution < 1.29 is 43.6 Å². The summed E-state index contributed by atoms with van der Waals surface area (Å²) in [5, 5.41) is 30.5. The normalized spacial score (nSPS) is 17.2. The predicted molar refractivity (Wildman–Crippen MR) is 261 cm³/mol. The van der Waals surface area contributed by atoms with Gasteiger partial charge in [-0.15, -0.1) is 11.3 Å². The zero-order valence-electron chi connectivity index (χ0n) is 40.0. The van der Waals surface area contributed by atoms with Crippen LogP contribution in [0.2, 0.25) is 0 Å². The van der Waals surface area contributed by atoms with Crippen LogP contribution in [-0.4, -0.2) is 137 Å². The maximum Gasteiger partial charge on any atom is 0.246 e. The lowest BCUT2D eigenvalue weighted by molar-refractivity contribution is -0.144. The van der Waals surface area contributed by atoms with Gasteiger partial charge in [-0.3, -0.25) is 24.0 Å². The summed E-state index contributed by atoms with van der Waals surface area (Å²) in [6.07, 6.45) is 7.67. The average Bonchev–Trinajstić information content (AvgIpc) is 4.16. The molecular formula is C51H66N8O9S. The quantitative estimate of drug-likeness (QED) is 0.0371. The Hall–Kier alpha value is -5.44. The summed E-state index contributed by atoms with van der Waals surface area (Å²) >= 11 is 1.57. The molecule has 370 valence electrons. The number of ether oxygens (including phenoxy) is 4. The number of rotatable bonds is 25. The van der Waals surface area contributed by atoms with Crippen LogP contribution in [0.15, 0.2) is 78.7 Å². The standard InChI is InChI=1S/C51H66N8O9S/c1-34-47(69-33-54-34)37-8-6-35(7-9-37)28-53-49(62)44-27-41(60)30-59(44)50(63)48(51(2,3)4)56-45(61)32-68-25-24-67-23-22-66-21-20-65-19-5-18-58-31-43(46(57-58)36-14-16-52-17-15-36)39-12-13-42-38(26-39)10-11-40(42)29-55-64/h6-9,12-17,26,31,33,40-41,44,48,55,60,64H,5,10-11,18-25,27-30,32H2,1-4H3,(H,53,62)(H,56,61)/t40?,41-,44+,48-/m1/s1. The van der Waals surface area contributed by atoms with Crippen molar-refractivity contribution in [2.45, 2.75) is 90.6 Å². The van der Waals surface area contributed by atoms with Gasteiger partial charge in [-0.2, -0.15) is 5.10 Å². The van der Waals surface area contributed by atoms with Crippen LogP contribution in [0.5, 0.6) is 0 Å². The van der Waals surface area contributed by atoms with Crippen molar-refractivity contribution in [2.24, 2.45) is 5.41 Å². The molecular weight excluding hydrogens is 901 g/mol. The van der Waals surface area contributed by atoms with Gasteiger partial charge in [0.1, 0.15) is 24.4 Å². The van der Waals surface area contributed by atoms with E-state index < -0.39 is 35.4 Å². The van der Waals surface area contributed by atoms with Gasteiger partial charge in [0.15, 0.2) is 0 Å². The summed E-state index contributed by atoms with van der Waals surface area (Å²) in [4.78, 5) is 51.3. The van der Waals surface area contributed by atoms with Crippen LogP contribution in [0.3, 0.4) is 0 Å². The Labute approximate surface area is 407 Å². The third kappa shape index (κ3) is 14.1. The van der Waals surface area contributed by atoms with E-state index in [0.29, 0.717) is 52.0 Å². The van der Waals surface area contributed by atoms with Crippen LogP contribution in [0.4, 0.5) is 0 Å². The number of β-amino-alcohol motifs (C(OH)–C–C–N with tert-alkyl or cyclic N) is 1. The molecule has 69 heavy (non-hydrogen) atoms. The minimum Gasteiger partial charge on any atom is -0.391 e. The maximum absolute atomic E-state index is 13.9. The number of carbonyl (C=O) groups is 3. The van der Waals surface area contributed by atoms with Gasteiger partial charge in [-0.25, -0.2) is 10.5 Å². The zero-order chi connectivity index (χ0) is 48.8. The van der Waals surface area contributed by atoms with Crippen molar-refractivity contribution in [2.75, 3.05) is 65.9 Å². The Kier molecular flexibility index (Phi) is 18.6. The van der Waals surface area contributed by atoms with Crippen LogP contribution in [0, 0.1) is 12.3 Å². The van der Waals surface area contributed by atoms with Gasteiger partial charge in [0.05, 0.1) is 61.8 Å². The number of pyridine rings is 1. The van der Waals surface area contributed by atoms with Gasteiger partial charge in [0, 0.05) is 68.9 Å². The fourth-order valence-electron chi connectivity index (χ4n) is 8.80. The molecule has 3 amide bonds. The highest BCUT2D eigenvalue weighted by atomic mass is 32.1. The molecule has 1 aliphatic carbocycles. The summed E-state index contributed by atoms with van der Waals surface area (Å²) < 4.78 is 24.6. The Bertz CT molecular complexity index is 2440. The SMILES string of the molecule is Cc1ncsc1-c1ccc(CNC(=O)[C@@H]2C[C@@H](O)CN2C(=O)[C@@H](NC(=O)COCCOCCOCCOCCCn2cc(-c3ccc4c(c3)CCC4CNO)c(-c3ccncc3)n2)C(C)(C)C)cc1. The molecule has 2 aliphatic rings. The number of hydrogen-bond donors (Lipinski definition) is 5. The second-order valence-electron chi connectivity index (χ2n) is 18.6. The number of likely N-dealkylation sites (tertiary alicyclic amines) is 1. The average molecular weight is 967 g/mol. The van der Waals surface area contributed by atoms with Gasteiger partial charge in [0.25, 0.3) is 0 Å². The van der Waals surface area contributed by atoms with E-state index >= 15 is 0 Å². The molecule has 17 nitrogen and oxygen atoms in total. The number of aliphatic hydroxyl groups excluding tert-OH is 1. The number of amides is 3. The minimum absolute atomic E-state index is 0.0132. The fourth-order valence-corrected chi connectivity index (χ4v) is 9.61. The van der Waals surface area contributed by atoms with Gasteiger partial charge in [-0.1, -0.05) is 63.2 Å². The first-order valence-electron chi connectivity index (χ1n) is 23.7. The van der Waals surface area contributed by atoms with Crippen LogP contribution < -0.4 is 16.1 Å². The number of aryl methyl sites for hydroxylation is 3. The molecule has 2 aromatic carbocycles. The Morgan fingerprint density at radius 3 is 2.28 bits per heavy atom. The monoisotopic (exact) mass is 966 g/mol. The smallest absolute Gasteiger partial charge is 0.246 e. The summed E-state index contributed by atoms with van der Waals surface area (Å²) in [5.41, 5.74) is 13.1. The lowest BCUT2D eigenvalue weighted by atomic mass is 9.85. The molecule has 1 aliphatic heterocycles. The number of aromatic nitrogens is 4. The van der Waals surface area contributed by atoms with Crippen molar-refractivity contribution in [3.05, 3.63) is 101 Å². The predicted octanol–water partition coefficient (Wildman–Crippen LogP) is 5.32. The Morgan fingerprint density at radius 1 is 0.899 bits per heavy atom. The van der Waals surface area contributed by atoms with Crippen molar-refractivity contribution >= 4 is 29.1 Å². The molecule has 1 unspecified atom stereocenters. The van der Waals surface area contributed by atoms with Crippen LogP contribution in [-0.2, 0) is 52.8 Å². The first-order valence-corrected chi connectivity index (χ1v) is 24.6. The number of carbonyl (C=O) groups excluding carboxylic acids is 3. The van der Waals surface area contributed by atoms with Crippen LogP contribution >= 0.6 is 11.3 Å². The number of fused-ring (bicyclic) bond motifs is 1. The molecule has 4 heterocycles. The van der Waals surface area contributed by atoms with E-state index in [2.05, 4.69) is 50.5 Å². The molecule has 4 atom stereocenters. The molecule has 18 heteroatoms. The molecule has 0 radical (unpaired) electrons. The van der Waals surface area contributed by atoms with Crippen molar-refractivity contribution in [3.63, 3.8) is 0 Å². The van der Waals surface area contributed by atoms with E-state index in [1.54, 1.807) is 23.7 Å². The zero-order valence-corrected chi connectivity index (χ0v) is 40.8. The van der Waals surface area contributed by atoms with Gasteiger partial charge >= 0.3 is 0 Å². The summed E-state index contributed by atoms with van der Waals surface area (Å²) in [6, 6.07) is 16.6. The third-order valence-electron chi connectivity index (χ3n) is 12.4. The third-order valence-corrected chi connectivity index (χ3v) is 13.4. The van der Waals surface area contributed by atoms with E-state index in [9.17, 15) is 24.7 Å². The van der Waals surface area contributed by atoms with Crippen molar-refractivity contribution in [3.8, 4) is 32.8 Å². The number of hydroxylamine groups is 1. The number of nitrogens with one attached hydrogen (secondary N) is 3. The van der Waals surface area contributed by atoms with Gasteiger partial charge in [-0.05, 0) is 77.5 Å². The number of nitrogens with zero attached hydrogens (tertiary/aromatic N) is 5. The lowest BCUT2D eigenvalue weighted by Crippen LogP contribution is -2.58. The number of aliphatic hydroxyl groups is 1. The first kappa shape index (κ1) is 51.4. The Balaban J connectivity index is 0.751. The van der Waals surface area contributed by atoms with Gasteiger partial charge in [0.2, 0.25) is 17.7 Å².